The Balaban J connectivity index is 1.60. The molecule has 1 aliphatic carbocycles. The van der Waals surface area contributed by atoms with E-state index < -0.39 is 40.8 Å². The number of aliphatic hydroxyl groups excluding tert-OH is 1. The fraction of sp³-hybridized carbons (Fsp3) is 0.486. The first-order valence-electron chi connectivity index (χ1n) is 16.9. The Kier molecular flexibility index (Phi) is 13.3. The van der Waals surface area contributed by atoms with Crippen molar-refractivity contribution in [3.8, 4) is 5.75 Å². The molecule has 0 radical (unpaired) electrons. The van der Waals surface area contributed by atoms with Gasteiger partial charge in [0, 0.05) is 42.9 Å². The van der Waals surface area contributed by atoms with Crippen molar-refractivity contribution in [2.24, 2.45) is 0 Å². The van der Waals surface area contributed by atoms with E-state index >= 15 is 0 Å². The zero-order valence-electron chi connectivity index (χ0n) is 28.1. The number of methoxy groups -OCH3 is 1. The minimum Gasteiger partial charge on any atom is -0.497 e. The largest absolute Gasteiger partial charge is 0.497 e. The summed E-state index contributed by atoms with van der Waals surface area (Å²) in [4.78, 5) is 43.8. The van der Waals surface area contributed by atoms with Gasteiger partial charge in [-0.15, -0.1) is 0 Å². The summed E-state index contributed by atoms with van der Waals surface area (Å²) in [7, 11) is 1.61. The third-order valence-corrected chi connectivity index (χ3v) is 9.04. The fourth-order valence-corrected chi connectivity index (χ4v) is 6.50. The van der Waals surface area contributed by atoms with Gasteiger partial charge in [0.2, 0.25) is 5.56 Å². The number of amides is 2. The van der Waals surface area contributed by atoms with Crippen molar-refractivity contribution in [3.05, 3.63) is 99.0 Å². The van der Waals surface area contributed by atoms with Gasteiger partial charge in [-0.2, -0.15) is 0 Å². The molecular formula is C37H48F2N4O5. The third kappa shape index (κ3) is 9.73. The maximum absolute atomic E-state index is 14.2. The highest BCUT2D eigenvalue weighted by atomic mass is 19.1. The van der Waals surface area contributed by atoms with Crippen LogP contribution >= 0.6 is 0 Å². The fourth-order valence-electron chi connectivity index (χ4n) is 6.50. The Hall–Kier alpha value is -4.09. The lowest BCUT2D eigenvalue weighted by atomic mass is 9.76. The summed E-state index contributed by atoms with van der Waals surface area (Å²) in [5, 5.41) is 17.9. The zero-order chi connectivity index (χ0) is 34.7. The molecular weight excluding hydrogens is 618 g/mol. The van der Waals surface area contributed by atoms with Crippen LogP contribution in [0, 0.1) is 11.6 Å². The van der Waals surface area contributed by atoms with Gasteiger partial charge >= 0.3 is 0 Å². The highest BCUT2D eigenvalue weighted by molar-refractivity contribution is 5.98. The molecule has 1 saturated carbocycles. The quantitative estimate of drug-likeness (QED) is 0.161. The van der Waals surface area contributed by atoms with E-state index in [9.17, 15) is 28.3 Å². The van der Waals surface area contributed by atoms with Gasteiger partial charge in [0.05, 0.1) is 19.3 Å². The van der Waals surface area contributed by atoms with Gasteiger partial charge in [0.1, 0.15) is 23.1 Å². The number of hydrogen-bond acceptors (Lipinski definition) is 6. The topological polar surface area (TPSA) is 124 Å². The smallest absolute Gasteiger partial charge is 0.268 e. The maximum atomic E-state index is 14.2. The summed E-state index contributed by atoms with van der Waals surface area (Å²) in [6.07, 6.45) is 5.85. The monoisotopic (exact) mass is 666 g/mol. The number of rotatable bonds is 16. The van der Waals surface area contributed by atoms with Gasteiger partial charge in [0.25, 0.3) is 11.8 Å². The Morgan fingerprint density at radius 2 is 1.73 bits per heavy atom. The van der Waals surface area contributed by atoms with Crippen LogP contribution in [-0.4, -0.2) is 65.7 Å². The van der Waals surface area contributed by atoms with Crippen LogP contribution in [-0.2, 0) is 12.0 Å². The SMILES string of the molecule is CCCCN(CCC)C(=O)c1cc(C(=O)N[C@@H](Cc2cc(F)cc(F)c2)[C@H](O)CNC2(c3cccc(OC)c3)CCCCC2)[nH]c(=O)c1. The number of halogens is 2. The number of hydrogen-bond donors (Lipinski definition) is 4. The van der Waals surface area contributed by atoms with Crippen LogP contribution in [0.3, 0.4) is 0 Å². The van der Waals surface area contributed by atoms with E-state index in [-0.39, 0.29) is 35.7 Å². The lowest BCUT2D eigenvalue weighted by Gasteiger charge is -2.40. The number of aliphatic hydroxyl groups is 1. The molecule has 4 rings (SSSR count). The molecule has 1 heterocycles. The number of nitrogens with one attached hydrogen (secondary N) is 3. The molecule has 11 heteroatoms. The number of aromatic nitrogens is 1. The Morgan fingerprint density at radius 3 is 2.40 bits per heavy atom. The summed E-state index contributed by atoms with van der Waals surface area (Å²) in [6.45, 7) is 5.08. The third-order valence-electron chi connectivity index (χ3n) is 9.04. The number of benzene rings is 2. The molecule has 260 valence electrons. The van der Waals surface area contributed by atoms with E-state index in [2.05, 4.69) is 15.6 Å². The summed E-state index contributed by atoms with van der Waals surface area (Å²) in [5.74, 6) is -1.93. The number of ether oxygens (including phenoxy) is 1. The molecule has 2 amide bonds. The molecule has 0 spiro atoms. The van der Waals surface area contributed by atoms with E-state index in [4.69, 9.17) is 4.74 Å². The average molecular weight is 667 g/mol. The molecule has 2 atom stereocenters. The molecule has 1 fully saturated rings. The normalized spacial score (nSPS) is 15.4. The first-order valence-corrected chi connectivity index (χ1v) is 16.9. The molecule has 48 heavy (non-hydrogen) atoms. The lowest BCUT2D eigenvalue weighted by Crippen LogP contribution is -2.53. The van der Waals surface area contributed by atoms with Crippen molar-refractivity contribution in [2.75, 3.05) is 26.7 Å². The highest BCUT2D eigenvalue weighted by Gasteiger charge is 2.35. The van der Waals surface area contributed by atoms with E-state index in [1.807, 2.05) is 38.1 Å². The van der Waals surface area contributed by atoms with Crippen molar-refractivity contribution in [1.29, 1.82) is 0 Å². The number of carbonyl (C=O) groups is 2. The van der Waals surface area contributed by atoms with Gasteiger partial charge in [-0.05, 0) is 73.6 Å². The van der Waals surface area contributed by atoms with E-state index in [1.54, 1.807) is 12.0 Å². The summed E-state index contributed by atoms with van der Waals surface area (Å²) in [6, 6.07) is 12.4. The second-order valence-electron chi connectivity index (χ2n) is 12.7. The first kappa shape index (κ1) is 36.7. The van der Waals surface area contributed by atoms with Crippen molar-refractivity contribution in [2.45, 2.75) is 89.3 Å². The molecule has 0 bridgehead atoms. The van der Waals surface area contributed by atoms with Crippen LogP contribution < -0.4 is 20.9 Å². The minimum absolute atomic E-state index is 0.0540. The van der Waals surface area contributed by atoms with E-state index in [0.717, 1.165) is 80.9 Å². The second-order valence-corrected chi connectivity index (χ2v) is 12.7. The predicted octanol–water partition coefficient (Wildman–Crippen LogP) is 5.47. The number of unbranched alkanes of at least 4 members (excludes halogenated alkanes) is 1. The highest BCUT2D eigenvalue weighted by Crippen LogP contribution is 2.38. The summed E-state index contributed by atoms with van der Waals surface area (Å²) < 4.78 is 33.8. The van der Waals surface area contributed by atoms with Gasteiger partial charge in [-0.1, -0.05) is 51.7 Å². The van der Waals surface area contributed by atoms with Crippen LogP contribution in [0.1, 0.15) is 97.2 Å². The first-order chi connectivity index (χ1) is 23.1. The van der Waals surface area contributed by atoms with Crippen LogP contribution in [0.2, 0.25) is 0 Å². The van der Waals surface area contributed by atoms with Crippen LogP contribution in [0.4, 0.5) is 8.78 Å². The van der Waals surface area contributed by atoms with Gasteiger partial charge in [0.15, 0.2) is 0 Å². The van der Waals surface area contributed by atoms with Gasteiger partial charge in [-0.25, -0.2) is 8.78 Å². The standard InChI is InChI=1S/C37H48F2N4O5/c1-4-6-16-43(15-5-2)36(47)26-20-32(41-34(45)21-26)35(46)42-31(19-25-17-28(38)23-29(39)18-25)33(44)24-40-37(13-8-7-9-14-37)27-11-10-12-30(22-27)48-3/h10-12,17-18,20-23,31,33,40,44H,4-9,13-16,19,24H2,1-3H3,(H,41,45)(H,42,46)/t31-,33+/m0/s1. The molecule has 2 aromatic carbocycles. The molecule has 0 unspecified atom stereocenters. The van der Waals surface area contributed by atoms with Crippen molar-refractivity contribution < 1.29 is 28.2 Å². The maximum Gasteiger partial charge on any atom is 0.268 e. The molecule has 9 nitrogen and oxygen atoms in total. The molecule has 1 aliphatic rings. The van der Waals surface area contributed by atoms with Crippen molar-refractivity contribution in [3.63, 3.8) is 0 Å². The summed E-state index contributed by atoms with van der Waals surface area (Å²) in [5.41, 5.74) is 0.110. The predicted molar refractivity (Wildman–Crippen MR) is 181 cm³/mol. The Bertz CT molecular complexity index is 1570. The Labute approximate surface area is 281 Å². The van der Waals surface area contributed by atoms with Crippen molar-refractivity contribution >= 4 is 11.8 Å². The Morgan fingerprint density at radius 1 is 1.00 bits per heavy atom. The van der Waals surface area contributed by atoms with Crippen LogP contribution in [0.25, 0.3) is 0 Å². The summed E-state index contributed by atoms with van der Waals surface area (Å²) >= 11 is 0. The molecule has 4 N–H and O–H groups in total. The molecule has 0 aliphatic heterocycles. The number of pyridine rings is 1. The lowest BCUT2D eigenvalue weighted by molar-refractivity contribution is 0.0752. The minimum atomic E-state index is -1.20. The molecule has 3 aromatic rings. The number of H-pyrrole nitrogens is 1. The number of aromatic amines is 1. The van der Waals surface area contributed by atoms with Gasteiger partial charge in [-0.3, -0.25) is 14.4 Å². The average Bonchev–Trinajstić information content (AvgIpc) is 3.08. The molecule has 1 aromatic heterocycles. The molecule has 0 saturated heterocycles. The zero-order valence-corrected chi connectivity index (χ0v) is 28.1. The van der Waals surface area contributed by atoms with Crippen LogP contribution in [0.5, 0.6) is 5.75 Å². The van der Waals surface area contributed by atoms with Crippen molar-refractivity contribution in [1.82, 2.24) is 20.5 Å². The number of carbonyl (C=O) groups excluding carboxylic acids is 2. The number of nitrogens with zero attached hydrogens (tertiary/aromatic N) is 1. The second kappa shape index (κ2) is 17.3. The van der Waals surface area contributed by atoms with E-state index in [0.29, 0.717) is 13.1 Å². The van der Waals surface area contributed by atoms with Gasteiger partial charge < -0.3 is 30.4 Å². The van der Waals surface area contributed by atoms with Crippen LogP contribution in [0.15, 0.2) is 59.4 Å². The van der Waals surface area contributed by atoms with E-state index in [1.165, 1.54) is 12.1 Å².